The Hall–Kier alpha value is -4.33. The van der Waals surface area contributed by atoms with Gasteiger partial charge in [0.15, 0.2) is 0 Å². The topological polar surface area (TPSA) is 108 Å². The number of imide groups is 1. The molecule has 0 bridgehead atoms. The molecule has 1 fully saturated rings. The highest BCUT2D eigenvalue weighted by Crippen LogP contribution is 2.31. The first-order valence-corrected chi connectivity index (χ1v) is 12.1. The third-order valence-corrected chi connectivity index (χ3v) is 6.68. The molecule has 5 rings (SSSR count). The molecule has 0 unspecified atom stereocenters. The molecule has 0 radical (unpaired) electrons. The summed E-state index contributed by atoms with van der Waals surface area (Å²) in [5.41, 5.74) is 2.81. The van der Waals surface area contributed by atoms with Crippen LogP contribution in [0.25, 0.3) is 0 Å². The Balaban J connectivity index is 1.23. The van der Waals surface area contributed by atoms with Gasteiger partial charge in [0.25, 0.3) is 23.6 Å². The van der Waals surface area contributed by atoms with Crippen LogP contribution in [0, 0.1) is 0 Å². The molecule has 1 aliphatic heterocycles. The fourth-order valence-electron chi connectivity index (χ4n) is 4.82. The molecule has 2 aromatic carbocycles. The summed E-state index contributed by atoms with van der Waals surface area (Å²) in [6, 6.07) is 15.1. The van der Waals surface area contributed by atoms with Crippen LogP contribution in [-0.2, 0) is 6.54 Å². The van der Waals surface area contributed by atoms with Gasteiger partial charge in [-0.1, -0.05) is 31.4 Å². The number of nitrogens with one attached hydrogen (secondary N) is 2. The Labute approximate surface area is 208 Å². The largest absolute Gasteiger partial charge is 0.348 e. The Morgan fingerprint density at radius 1 is 0.861 bits per heavy atom. The molecule has 8 heteroatoms. The first-order chi connectivity index (χ1) is 17.5. The number of hydrogen-bond donors (Lipinski definition) is 2. The van der Waals surface area contributed by atoms with Crippen LogP contribution in [0.3, 0.4) is 0 Å². The first kappa shape index (κ1) is 23.4. The Bertz CT molecular complexity index is 1330. The van der Waals surface area contributed by atoms with Gasteiger partial charge in [0, 0.05) is 36.2 Å². The van der Waals surface area contributed by atoms with E-state index in [9.17, 15) is 19.2 Å². The summed E-state index contributed by atoms with van der Waals surface area (Å²) in [6.45, 7) is 0.230. The molecule has 0 spiro atoms. The molecule has 2 N–H and O–H groups in total. The predicted molar refractivity (Wildman–Crippen MR) is 134 cm³/mol. The molecule has 182 valence electrons. The molecular formula is C28H26N4O4. The normalized spacial score (nSPS) is 15.5. The van der Waals surface area contributed by atoms with Gasteiger partial charge >= 0.3 is 0 Å². The quantitative estimate of drug-likeness (QED) is 0.512. The van der Waals surface area contributed by atoms with Crippen LogP contribution in [0.15, 0.2) is 67.0 Å². The van der Waals surface area contributed by atoms with Crippen LogP contribution in [-0.4, -0.2) is 39.6 Å². The second-order valence-electron chi connectivity index (χ2n) is 9.11. The lowest BCUT2D eigenvalue weighted by Crippen LogP contribution is -2.40. The molecule has 4 amide bonds. The van der Waals surface area contributed by atoms with Crippen molar-refractivity contribution in [1.29, 1.82) is 0 Å². The number of rotatable bonds is 6. The van der Waals surface area contributed by atoms with E-state index in [1.54, 1.807) is 48.7 Å². The molecule has 1 aliphatic carbocycles. The number of fused-ring (bicyclic) bond motifs is 1. The minimum Gasteiger partial charge on any atom is -0.348 e. The number of carbonyl (C=O) groups excluding carboxylic acids is 4. The molecule has 1 saturated carbocycles. The average Bonchev–Trinajstić information content (AvgIpc) is 3.17. The van der Waals surface area contributed by atoms with Gasteiger partial charge in [-0.2, -0.15) is 0 Å². The number of anilines is 1. The van der Waals surface area contributed by atoms with Gasteiger partial charge in [-0.3, -0.25) is 29.1 Å². The third kappa shape index (κ3) is 4.75. The van der Waals surface area contributed by atoms with E-state index < -0.39 is 0 Å². The van der Waals surface area contributed by atoms with Crippen molar-refractivity contribution in [2.75, 3.05) is 5.32 Å². The van der Waals surface area contributed by atoms with Gasteiger partial charge in [-0.25, -0.2) is 0 Å². The highest BCUT2D eigenvalue weighted by atomic mass is 16.2. The van der Waals surface area contributed by atoms with Gasteiger partial charge in [0.2, 0.25) is 0 Å². The Morgan fingerprint density at radius 3 is 2.44 bits per heavy atom. The summed E-state index contributed by atoms with van der Waals surface area (Å²) in [4.78, 5) is 56.4. The standard InChI is InChI=1S/C28H26N4O4/c33-25(30-16-18-6-4-8-21(14-18)31-26(34)20-7-5-13-29-17-20)19-11-12-23-24(15-19)28(36)32(27(23)35)22-9-2-1-3-10-22/h4-8,11-15,17,22H,1-3,9-10,16H2,(H,30,33)(H,31,34). The number of carbonyl (C=O) groups is 4. The molecule has 8 nitrogen and oxygen atoms in total. The number of pyridine rings is 1. The van der Waals surface area contributed by atoms with Crippen molar-refractivity contribution in [3.05, 3.63) is 94.8 Å². The van der Waals surface area contributed by atoms with E-state index in [2.05, 4.69) is 15.6 Å². The number of hydrogen-bond acceptors (Lipinski definition) is 5. The smallest absolute Gasteiger partial charge is 0.261 e. The van der Waals surface area contributed by atoms with Crippen LogP contribution in [0.2, 0.25) is 0 Å². The minimum atomic E-state index is -0.348. The molecule has 2 heterocycles. The van der Waals surface area contributed by atoms with E-state index in [-0.39, 0.29) is 36.2 Å². The van der Waals surface area contributed by atoms with Crippen molar-refractivity contribution < 1.29 is 19.2 Å². The van der Waals surface area contributed by atoms with E-state index >= 15 is 0 Å². The van der Waals surface area contributed by atoms with Crippen LogP contribution in [0.1, 0.15) is 79.1 Å². The fourth-order valence-corrected chi connectivity index (χ4v) is 4.82. The lowest BCUT2D eigenvalue weighted by molar-refractivity contribution is 0.0548. The summed E-state index contributed by atoms with van der Waals surface area (Å²) in [7, 11) is 0. The van der Waals surface area contributed by atoms with Gasteiger partial charge in [0.05, 0.1) is 16.7 Å². The zero-order valence-corrected chi connectivity index (χ0v) is 19.7. The van der Waals surface area contributed by atoms with Crippen molar-refractivity contribution in [1.82, 2.24) is 15.2 Å². The minimum absolute atomic E-state index is 0.0608. The van der Waals surface area contributed by atoms with Crippen LogP contribution in [0.4, 0.5) is 5.69 Å². The Kier molecular flexibility index (Phi) is 6.58. The van der Waals surface area contributed by atoms with E-state index in [1.165, 1.54) is 17.2 Å². The van der Waals surface area contributed by atoms with Crippen molar-refractivity contribution >= 4 is 29.3 Å². The molecule has 3 aromatic rings. The molecular weight excluding hydrogens is 456 g/mol. The van der Waals surface area contributed by atoms with Crippen LogP contribution >= 0.6 is 0 Å². The average molecular weight is 483 g/mol. The lowest BCUT2D eigenvalue weighted by atomic mass is 9.94. The SMILES string of the molecule is O=C(NCc1cccc(NC(=O)c2cccnc2)c1)c1ccc2c(c1)C(=O)N(C1CCCCC1)C2=O. The maximum Gasteiger partial charge on any atom is 0.261 e. The van der Waals surface area contributed by atoms with Crippen molar-refractivity contribution in [3.63, 3.8) is 0 Å². The van der Waals surface area contributed by atoms with E-state index in [4.69, 9.17) is 0 Å². The van der Waals surface area contributed by atoms with Crippen molar-refractivity contribution in [2.45, 2.75) is 44.7 Å². The van der Waals surface area contributed by atoms with E-state index in [0.29, 0.717) is 27.9 Å². The maximum atomic E-state index is 13.0. The van der Waals surface area contributed by atoms with Crippen molar-refractivity contribution in [2.24, 2.45) is 0 Å². The first-order valence-electron chi connectivity index (χ1n) is 12.1. The van der Waals surface area contributed by atoms with Gasteiger partial charge < -0.3 is 10.6 Å². The van der Waals surface area contributed by atoms with Gasteiger partial charge in [-0.15, -0.1) is 0 Å². The third-order valence-electron chi connectivity index (χ3n) is 6.68. The van der Waals surface area contributed by atoms with Crippen LogP contribution < -0.4 is 10.6 Å². The molecule has 1 aromatic heterocycles. The molecule has 0 atom stereocenters. The predicted octanol–water partition coefficient (Wildman–Crippen LogP) is 4.19. The Morgan fingerprint density at radius 2 is 1.67 bits per heavy atom. The fraction of sp³-hybridized carbons (Fsp3) is 0.250. The number of benzene rings is 2. The summed E-state index contributed by atoms with van der Waals surface area (Å²) >= 11 is 0. The van der Waals surface area contributed by atoms with E-state index in [1.807, 2.05) is 6.07 Å². The van der Waals surface area contributed by atoms with E-state index in [0.717, 1.165) is 37.7 Å². The number of amides is 4. The van der Waals surface area contributed by atoms with Crippen molar-refractivity contribution in [3.8, 4) is 0 Å². The maximum absolute atomic E-state index is 13.0. The summed E-state index contributed by atoms with van der Waals surface area (Å²) in [6.07, 6.45) is 7.91. The molecule has 36 heavy (non-hydrogen) atoms. The summed E-state index contributed by atoms with van der Waals surface area (Å²) < 4.78 is 0. The monoisotopic (exact) mass is 482 g/mol. The van der Waals surface area contributed by atoms with Gasteiger partial charge in [-0.05, 0) is 60.9 Å². The zero-order chi connectivity index (χ0) is 25.1. The second kappa shape index (κ2) is 10.1. The zero-order valence-electron chi connectivity index (χ0n) is 19.7. The van der Waals surface area contributed by atoms with Crippen LogP contribution in [0.5, 0.6) is 0 Å². The second-order valence-corrected chi connectivity index (χ2v) is 9.11. The molecule has 0 saturated heterocycles. The highest BCUT2D eigenvalue weighted by Gasteiger charge is 2.40. The highest BCUT2D eigenvalue weighted by molar-refractivity contribution is 6.22. The number of aromatic nitrogens is 1. The summed E-state index contributed by atoms with van der Waals surface area (Å²) in [5.74, 6) is -1.20. The lowest BCUT2D eigenvalue weighted by Gasteiger charge is -2.29. The molecule has 2 aliphatic rings. The summed E-state index contributed by atoms with van der Waals surface area (Å²) in [5, 5.41) is 5.67. The number of nitrogens with zero attached hydrogens (tertiary/aromatic N) is 2. The van der Waals surface area contributed by atoms with Gasteiger partial charge in [0.1, 0.15) is 0 Å².